The Morgan fingerprint density at radius 1 is 1.29 bits per heavy atom. The van der Waals surface area contributed by atoms with Gasteiger partial charge in [-0.1, -0.05) is 24.3 Å². The largest absolute Gasteiger partial charge is 0.461 e. The highest BCUT2D eigenvalue weighted by molar-refractivity contribution is 7.89. The van der Waals surface area contributed by atoms with E-state index >= 15 is 0 Å². The highest BCUT2D eigenvalue weighted by Crippen LogP contribution is 2.21. The molecule has 0 aliphatic carbocycles. The Morgan fingerprint density at radius 2 is 1.90 bits per heavy atom. The minimum absolute atomic E-state index is 0.0664. The van der Waals surface area contributed by atoms with Crippen molar-refractivity contribution in [3.05, 3.63) is 42.5 Å². The van der Waals surface area contributed by atoms with Gasteiger partial charge in [0.2, 0.25) is 5.91 Å². The van der Waals surface area contributed by atoms with Gasteiger partial charge in [0.25, 0.3) is 10.0 Å². The van der Waals surface area contributed by atoms with Crippen molar-refractivity contribution in [1.82, 2.24) is 4.31 Å². The number of benzene rings is 1. The minimum Gasteiger partial charge on any atom is -0.461 e. The molecule has 0 saturated carbocycles. The van der Waals surface area contributed by atoms with Gasteiger partial charge in [-0.3, -0.25) is 9.59 Å². The number of hydrogen-bond donors (Lipinski definition) is 0. The van der Waals surface area contributed by atoms with E-state index in [9.17, 15) is 18.0 Å². The molecule has 0 N–H and O–H groups in total. The van der Waals surface area contributed by atoms with Crippen LogP contribution in [0.25, 0.3) is 0 Å². The number of amides is 1. The number of esters is 1. The summed E-state index contributed by atoms with van der Waals surface area (Å²) >= 11 is 0. The van der Waals surface area contributed by atoms with Crippen LogP contribution in [-0.2, 0) is 31.0 Å². The first kappa shape index (κ1) is 16.9. The first-order valence-corrected chi connectivity index (χ1v) is 7.60. The van der Waals surface area contributed by atoms with Crippen LogP contribution in [0, 0.1) is 0 Å². The van der Waals surface area contributed by atoms with Gasteiger partial charge in [0.05, 0.1) is 11.4 Å². The lowest BCUT2D eigenvalue weighted by Gasteiger charge is -2.21. The zero-order valence-corrected chi connectivity index (χ0v) is 12.7. The third-order valence-electron chi connectivity index (χ3n) is 2.62. The molecule has 0 atom stereocenters. The van der Waals surface area contributed by atoms with Crippen LogP contribution in [0.1, 0.15) is 19.4 Å². The molecule has 0 aromatic heterocycles. The fourth-order valence-corrected chi connectivity index (χ4v) is 3.27. The summed E-state index contributed by atoms with van der Waals surface area (Å²) in [4.78, 5) is 22.4. The Labute approximate surface area is 124 Å². The van der Waals surface area contributed by atoms with Gasteiger partial charge in [0.1, 0.15) is 6.61 Å². The topological polar surface area (TPSA) is 80.8 Å². The van der Waals surface area contributed by atoms with Crippen molar-refractivity contribution >= 4 is 21.9 Å². The van der Waals surface area contributed by atoms with Crippen LogP contribution in [0.2, 0.25) is 0 Å². The predicted octanol–water partition coefficient (Wildman–Crippen LogP) is 1.47. The summed E-state index contributed by atoms with van der Waals surface area (Å²) in [6.45, 7) is 5.54. The molecule has 0 heterocycles. The number of rotatable bonds is 6. The quantitative estimate of drug-likeness (QED) is 0.587. The molecule has 1 amide bonds. The maximum absolute atomic E-state index is 12.5. The van der Waals surface area contributed by atoms with Gasteiger partial charge in [0, 0.05) is 19.4 Å². The van der Waals surface area contributed by atoms with Crippen molar-refractivity contribution in [3.63, 3.8) is 0 Å². The first-order chi connectivity index (χ1) is 9.80. The van der Waals surface area contributed by atoms with Crippen LogP contribution in [0.3, 0.4) is 0 Å². The molecule has 1 rings (SSSR count). The average Bonchev–Trinajstić information content (AvgIpc) is 2.42. The Morgan fingerprint density at radius 3 is 2.43 bits per heavy atom. The van der Waals surface area contributed by atoms with Crippen LogP contribution in [-0.4, -0.2) is 31.1 Å². The third kappa shape index (κ3) is 4.16. The Hall–Kier alpha value is -2.15. The van der Waals surface area contributed by atoms with Crippen molar-refractivity contribution in [2.75, 3.05) is 6.54 Å². The van der Waals surface area contributed by atoms with E-state index in [1.165, 1.54) is 31.2 Å². The first-order valence-electron chi connectivity index (χ1n) is 6.16. The molecule has 0 aliphatic rings. The van der Waals surface area contributed by atoms with Crippen LogP contribution < -0.4 is 0 Å². The molecule has 0 saturated heterocycles. The van der Waals surface area contributed by atoms with E-state index in [2.05, 4.69) is 6.58 Å². The maximum Gasteiger partial charge on any atom is 0.302 e. The van der Waals surface area contributed by atoms with E-state index in [0.717, 1.165) is 6.92 Å². The molecule has 21 heavy (non-hydrogen) atoms. The fourth-order valence-electron chi connectivity index (χ4n) is 1.69. The second-order valence-electron chi connectivity index (χ2n) is 4.23. The zero-order chi connectivity index (χ0) is 16.0. The lowest BCUT2D eigenvalue weighted by atomic mass is 10.2. The van der Waals surface area contributed by atoms with Gasteiger partial charge in [-0.25, -0.2) is 12.7 Å². The molecule has 114 valence electrons. The van der Waals surface area contributed by atoms with Crippen molar-refractivity contribution in [1.29, 1.82) is 0 Å². The van der Waals surface area contributed by atoms with Crippen LogP contribution in [0.4, 0.5) is 0 Å². The Kier molecular flexibility index (Phi) is 5.66. The number of sulfonamides is 1. The van der Waals surface area contributed by atoms with E-state index in [4.69, 9.17) is 4.74 Å². The number of carbonyl (C=O) groups excluding carboxylic acids is 2. The summed E-state index contributed by atoms with van der Waals surface area (Å²) in [6, 6.07) is 6.06. The zero-order valence-electron chi connectivity index (χ0n) is 11.9. The van der Waals surface area contributed by atoms with E-state index < -0.39 is 21.9 Å². The number of nitrogens with zero attached hydrogens (tertiary/aromatic N) is 1. The minimum atomic E-state index is -4.02. The van der Waals surface area contributed by atoms with Gasteiger partial charge in [0.15, 0.2) is 0 Å². The van der Waals surface area contributed by atoms with E-state index in [0.29, 0.717) is 9.87 Å². The van der Waals surface area contributed by atoms with Gasteiger partial charge >= 0.3 is 5.97 Å². The van der Waals surface area contributed by atoms with Crippen LogP contribution in [0.15, 0.2) is 41.8 Å². The van der Waals surface area contributed by atoms with Crippen LogP contribution >= 0.6 is 0 Å². The van der Waals surface area contributed by atoms with Gasteiger partial charge in [-0.15, -0.1) is 6.58 Å². The number of carbonyl (C=O) groups is 2. The van der Waals surface area contributed by atoms with Crippen LogP contribution in [0.5, 0.6) is 0 Å². The van der Waals surface area contributed by atoms with Gasteiger partial charge in [-0.2, -0.15) is 0 Å². The highest BCUT2D eigenvalue weighted by atomic mass is 32.2. The standard InChI is InChI=1S/C14H17NO5S/c1-4-9-15(11(2)16)21(18,19)14-8-6-5-7-13(14)10-20-12(3)17/h4-8H,1,9-10H2,2-3H3. The lowest BCUT2D eigenvalue weighted by Crippen LogP contribution is -2.35. The van der Waals surface area contributed by atoms with E-state index in [1.54, 1.807) is 6.07 Å². The monoisotopic (exact) mass is 311 g/mol. The Balaban J connectivity index is 3.27. The molecule has 0 unspecified atom stereocenters. The molecular formula is C14H17NO5S. The second-order valence-corrected chi connectivity index (χ2v) is 6.06. The second kappa shape index (κ2) is 7.03. The fraction of sp³-hybridized carbons (Fsp3) is 0.286. The van der Waals surface area contributed by atoms with Gasteiger partial charge < -0.3 is 4.74 Å². The predicted molar refractivity (Wildman–Crippen MR) is 76.7 cm³/mol. The normalized spacial score (nSPS) is 10.8. The third-order valence-corrected chi connectivity index (χ3v) is 4.56. The molecular weight excluding hydrogens is 294 g/mol. The molecule has 0 aliphatic heterocycles. The number of hydrogen-bond acceptors (Lipinski definition) is 5. The summed E-state index contributed by atoms with van der Waals surface area (Å²) in [5, 5.41) is 0. The molecule has 1 aromatic rings. The summed E-state index contributed by atoms with van der Waals surface area (Å²) in [5.41, 5.74) is 0.308. The molecule has 0 fully saturated rings. The summed E-state index contributed by atoms with van der Waals surface area (Å²) < 4.78 is 30.6. The van der Waals surface area contributed by atoms with E-state index in [-0.39, 0.29) is 18.0 Å². The molecule has 0 spiro atoms. The summed E-state index contributed by atoms with van der Waals surface area (Å²) in [5.74, 6) is -1.13. The maximum atomic E-state index is 12.5. The van der Waals surface area contributed by atoms with Crippen molar-refractivity contribution < 1.29 is 22.7 Å². The highest BCUT2D eigenvalue weighted by Gasteiger charge is 2.28. The molecule has 0 bridgehead atoms. The molecule has 6 nitrogen and oxygen atoms in total. The summed E-state index contributed by atoms with van der Waals surface area (Å²) in [6.07, 6.45) is 1.33. The van der Waals surface area contributed by atoms with Crippen molar-refractivity contribution in [3.8, 4) is 0 Å². The smallest absolute Gasteiger partial charge is 0.302 e. The SMILES string of the molecule is C=CCN(C(C)=O)S(=O)(=O)c1ccccc1COC(C)=O. The lowest BCUT2D eigenvalue weighted by molar-refractivity contribution is -0.142. The average molecular weight is 311 g/mol. The van der Waals surface area contributed by atoms with Crippen molar-refractivity contribution in [2.45, 2.75) is 25.3 Å². The molecule has 0 radical (unpaired) electrons. The molecule has 1 aromatic carbocycles. The molecule has 7 heteroatoms. The number of ether oxygens (including phenoxy) is 1. The van der Waals surface area contributed by atoms with E-state index in [1.807, 2.05) is 0 Å². The Bertz CT molecular complexity index is 651. The summed E-state index contributed by atoms with van der Waals surface area (Å²) in [7, 11) is -4.02. The van der Waals surface area contributed by atoms with Crippen molar-refractivity contribution in [2.24, 2.45) is 0 Å². The van der Waals surface area contributed by atoms with Gasteiger partial charge in [-0.05, 0) is 6.07 Å².